The summed E-state index contributed by atoms with van der Waals surface area (Å²) in [5.41, 5.74) is 0.779. The van der Waals surface area contributed by atoms with Crippen LogP contribution < -0.4 is 0 Å². The molecule has 1 fully saturated rings. The van der Waals surface area contributed by atoms with E-state index in [4.69, 9.17) is 23.7 Å². The van der Waals surface area contributed by atoms with E-state index in [0.717, 1.165) is 0 Å². The van der Waals surface area contributed by atoms with E-state index in [-0.39, 0.29) is 17.7 Å². The van der Waals surface area contributed by atoms with Gasteiger partial charge in [0.15, 0.2) is 18.5 Å². The monoisotopic (exact) mass is 506 g/mol. The lowest BCUT2D eigenvalue weighted by molar-refractivity contribution is -0.292. The van der Waals surface area contributed by atoms with Crippen molar-refractivity contribution >= 4 is 17.9 Å². The Hall–Kier alpha value is -4.05. The number of carbonyl (C=O) groups is 3. The fraction of sp³-hybridized carbons (Fsp3) is 0.250. The van der Waals surface area contributed by atoms with Crippen LogP contribution in [0.25, 0.3) is 0 Å². The maximum absolute atomic E-state index is 12.9. The van der Waals surface area contributed by atoms with Crippen molar-refractivity contribution in [1.82, 2.24) is 0 Å². The Morgan fingerprint density at radius 2 is 1.14 bits per heavy atom. The summed E-state index contributed by atoms with van der Waals surface area (Å²) < 4.78 is 27.8. The first-order chi connectivity index (χ1) is 18.0. The van der Waals surface area contributed by atoms with E-state index >= 15 is 0 Å². The third kappa shape index (κ3) is 6.39. The largest absolute Gasteiger partial charge is 0.459 e. The molecule has 0 saturated carbocycles. The van der Waals surface area contributed by atoms with Crippen LogP contribution in [0.3, 0.4) is 0 Å². The van der Waals surface area contributed by atoms with Crippen LogP contribution in [0.4, 0.5) is 0 Å². The van der Waals surface area contributed by atoms with Crippen LogP contribution in [-0.4, -0.2) is 67.4 Å². The van der Waals surface area contributed by atoms with E-state index in [0.29, 0.717) is 5.56 Å². The third-order valence-corrected chi connectivity index (χ3v) is 5.74. The van der Waals surface area contributed by atoms with Gasteiger partial charge in [-0.1, -0.05) is 54.6 Å². The van der Waals surface area contributed by atoms with Crippen molar-refractivity contribution < 1.29 is 43.2 Å². The molecule has 1 aliphatic heterocycles. The Balaban J connectivity index is 1.60. The molecule has 5 atom stereocenters. The van der Waals surface area contributed by atoms with Gasteiger partial charge in [0.2, 0.25) is 0 Å². The molecule has 1 saturated heterocycles. The zero-order valence-electron chi connectivity index (χ0n) is 20.0. The average Bonchev–Trinajstić information content (AvgIpc) is 2.95. The van der Waals surface area contributed by atoms with Crippen molar-refractivity contribution in [3.05, 3.63) is 108 Å². The Morgan fingerprint density at radius 3 is 1.59 bits per heavy atom. The average molecular weight is 507 g/mol. The zero-order chi connectivity index (χ0) is 26.2. The fourth-order valence-corrected chi connectivity index (χ4v) is 3.85. The molecule has 0 unspecified atom stereocenters. The second kappa shape index (κ2) is 12.3. The number of rotatable bonds is 8. The molecule has 9 heteroatoms. The number of hydrogen-bond acceptors (Lipinski definition) is 9. The van der Waals surface area contributed by atoms with Crippen molar-refractivity contribution in [2.45, 2.75) is 30.7 Å². The molecule has 4 rings (SSSR count). The number of hydrogen-bond donors (Lipinski definition) is 1. The van der Waals surface area contributed by atoms with E-state index in [1.807, 2.05) is 0 Å². The minimum atomic E-state index is -1.51. The summed E-state index contributed by atoms with van der Waals surface area (Å²) in [7, 11) is 1.30. The number of aliphatic hydroxyl groups is 1. The van der Waals surface area contributed by atoms with Gasteiger partial charge in [0.25, 0.3) is 0 Å². The summed E-state index contributed by atoms with van der Waals surface area (Å²) in [5, 5.41) is 10.9. The van der Waals surface area contributed by atoms with Gasteiger partial charge in [-0.05, 0) is 36.4 Å². The van der Waals surface area contributed by atoms with E-state index in [9.17, 15) is 19.5 Å². The standard InChI is InChI=1S/C28H26O9/c1-33-28-22(29)24(37-27(32)20-15-9-4-10-16-20)23(36-26(31)19-13-7-3-8-14-19)21(35-28)17-34-25(30)18-11-5-2-6-12-18/h2-16,21-24,28-29H,17H2,1H3/t21-,22-,23-,24+,28-/m1/s1. The highest BCUT2D eigenvalue weighted by Gasteiger charge is 2.50. The molecule has 0 amide bonds. The summed E-state index contributed by atoms with van der Waals surface area (Å²) in [5.74, 6) is -2.12. The topological polar surface area (TPSA) is 118 Å². The highest BCUT2D eigenvalue weighted by atomic mass is 16.7. The summed E-state index contributed by atoms with van der Waals surface area (Å²) >= 11 is 0. The molecule has 3 aromatic carbocycles. The van der Waals surface area contributed by atoms with Crippen molar-refractivity contribution in [3.63, 3.8) is 0 Å². The molecular weight excluding hydrogens is 480 g/mol. The molecule has 1 N–H and O–H groups in total. The molecule has 0 aliphatic carbocycles. The molecule has 1 heterocycles. The maximum atomic E-state index is 12.9. The predicted octanol–water partition coefficient (Wildman–Crippen LogP) is 3.03. The Bertz CT molecular complexity index is 1180. The molecule has 0 radical (unpaired) electrons. The normalized spacial score (nSPS) is 23.0. The summed E-state index contributed by atoms with van der Waals surface area (Å²) in [6, 6.07) is 24.6. The second-order valence-electron chi connectivity index (χ2n) is 8.21. The highest BCUT2D eigenvalue weighted by Crippen LogP contribution is 2.28. The Morgan fingerprint density at radius 1 is 0.703 bits per heavy atom. The predicted molar refractivity (Wildman–Crippen MR) is 130 cm³/mol. The van der Waals surface area contributed by atoms with Gasteiger partial charge in [-0.3, -0.25) is 0 Å². The number of aliphatic hydroxyl groups excluding tert-OH is 1. The highest BCUT2D eigenvalue weighted by molar-refractivity contribution is 5.90. The summed E-state index contributed by atoms with van der Waals surface area (Å²) in [6.07, 6.45) is -6.60. The number of methoxy groups -OCH3 is 1. The smallest absolute Gasteiger partial charge is 0.338 e. The van der Waals surface area contributed by atoms with Gasteiger partial charge >= 0.3 is 17.9 Å². The van der Waals surface area contributed by atoms with Crippen molar-refractivity contribution in [3.8, 4) is 0 Å². The molecule has 1 aliphatic rings. The lowest BCUT2D eigenvalue weighted by Gasteiger charge is -2.42. The Kier molecular flexibility index (Phi) is 8.63. The molecule has 0 aromatic heterocycles. The van der Waals surface area contributed by atoms with E-state index in [2.05, 4.69) is 0 Å². The fourth-order valence-electron chi connectivity index (χ4n) is 3.85. The van der Waals surface area contributed by atoms with Crippen molar-refractivity contribution in [2.24, 2.45) is 0 Å². The molecule has 37 heavy (non-hydrogen) atoms. The van der Waals surface area contributed by atoms with Gasteiger partial charge in [-0.25, -0.2) is 14.4 Å². The number of carbonyl (C=O) groups excluding carboxylic acids is 3. The van der Waals surface area contributed by atoms with E-state index in [1.54, 1.807) is 91.0 Å². The molecule has 0 spiro atoms. The van der Waals surface area contributed by atoms with Crippen LogP contribution in [0.5, 0.6) is 0 Å². The lowest BCUT2D eigenvalue weighted by atomic mass is 9.98. The lowest BCUT2D eigenvalue weighted by Crippen LogP contribution is -2.61. The minimum absolute atomic E-state index is 0.232. The van der Waals surface area contributed by atoms with Gasteiger partial charge in [0.05, 0.1) is 16.7 Å². The van der Waals surface area contributed by atoms with Crippen LogP contribution in [0.2, 0.25) is 0 Å². The van der Waals surface area contributed by atoms with Gasteiger partial charge < -0.3 is 28.8 Å². The quantitative estimate of drug-likeness (QED) is 0.363. The summed E-state index contributed by atoms with van der Waals surface area (Å²) in [6.45, 7) is -0.369. The number of esters is 3. The Labute approximate surface area is 213 Å². The van der Waals surface area contributed by atoms with Crippen LogP contribution in [0, 0.1) is 0 Å². The number of benzene rings is 3. The first-order valence-electron chi connectivity index (χ1n) is 11.6. The SMILES string of the molecule is CO[C@@H]1O[C@H](COC(=O)c2ccccc2)[C@@H](OC(=O)c2ccccc2)[C@@H](OC(=O)c2ccccc2)[C@H]1O. The molecule has 192 valence electrons. The van der Waals surface area contributed by atoms with Gasteiger partial charge in [-0.2, -0.15) is 0 Å². The molecule has 0 bridgehead atoms. The van der Waals surface area contributed by atoms with Crippen LogP contribution >= 0.6 is 0 Å². The summed E-state index contributed by atoms with van der Waals surface area (Å²) in [4.78, 5) is 38.4. The van der Waals surface area contributed by atoms with Crippen molar-refractivity contribution in [2.75, 3.05) is 13.7 Å². The molecule has 3 aromatic rings. The van der Waals surface area contributed by atoms with Crippen LogP contribution in [-0.2, 0) is 23.7 Å². The number of ether oxygens (including phenoxy) is 5. The van der Waals surface area contributed by atoms with Gasteiger partial charge in [0, 0.05) is 7.11 Å². The van der Waals surface area contributed by atoms with E-state index in [1.165, 1.54) is 7.11 Å². The van der Waals surface area contributed by atoms with Gasteiger partial charge in [0.1, 0.15) is 18.8 Å². The first kappa shape index (κ1) is 26.0. The molecular formula is C28H26O9. The van der Waals surface area contributed by atoms with E-state index < -0.39 is 48.6 Å². The first-order valence-corrected chi connectivity index (χ1v) is 11.6. The maximum Gasteiger partial charge on any atom is 0.338 e. The van der Waals surface area contributed by atoms with Crippen molar-refractivity contribution in [1.29, 1.82) is 0 Å². The van der Waals surface area contributed by atoms with Crippen LogP contribution in [0.1, 0.15) is 31.1 Å². The zero-order valence-corrected chi connectivity index (χ0v) is 20.0. The van der Waals surface area contributed by atoms with Crippen LogP contribution in [0.15, 0.2) is 91.0 Å². The third-order valence-electron chi connectivity index (χ3n) is 5.74. The minimum Gasteiger partial charge on any atom is -0.459 e. The second-order valence-corrected chi connectivity index (χ2v) is 8.21. The molecule has 9 nitrogen and oxygen atoms in total. The van der Waals surface area contributed by atoms with Gasteiger partial charge in [-0.15, -0.1) is 0 Å².